The predicted molar refractivity (Wildman–Crippen MR) is 142 cm³/mol. The van der Waals surface area contributed by atoms with Gasteiger partial charge in [0.25, 0.3) is 0 Å². The Kier molecular flexibility index (Phi) is 8.50. The average Bonchev–Trinajstić information content (AvgIpc) is 2.86. The minimum Gasteiger partial charge on any atom is -0.513 e. The summed E-state index contributed by atoms with van der Waals surface area (Å²) in [5.74, 6) is 2.10. The summed E-state index contributed by atoms with van der Waals surface area (Å²) in [4.78, 5) is 8.09. The maximum Gasteiger partial charge on any atom is 0.142 e. The van der Waals surface area contributed by atoms with Crippen molar-refractivity contribution in [2.75, 3.05) is 20.2 Å². The molecule has 35 heavy (non-hydrogen) atoms. The van der Waals surface area contributed by atoms with Gasteiger partial charge in [-0.1, -0.05) is 62.2 Å². The molecular formula is C30H40N2O3. The van der Waals surface area contributed by atoms with Crippen molar-refractivity contribution >= 4 is 5.71 Å². The summed E-state index contributed by atoms with van der Waals surface area (Å²) in [7, 11) is 1.76. The first-order valence-electron chi connectivity index (χ1n) is 13.0. The number of likely N-dealkylation sites (tertiary alicyclic amines) is 1. The monoisotopic (exact) mass is 476 g/mol. The molecule has 0 atom stereocenters. The van der Waals surface area contributed by atoms with Crippen molar-refractivity contribution in [1.82, 2.24) is 4.90 Å². The number of ether oxygens (including phenoxy) is 1. The van der Waals surface area contributed by atoms with E-state index >= 15 is 0 Å². The van der Waals surface area contributed by atoms with E-state index in [1.165, 1.54) is 48.8 Å². The minimum absolute atomic E-state index is 0.217. The SMILES string of the molecule is C=C(O)C1CN(Cc2ccc(/C(C)=N/OCc3ccc(C4CCCCC4)c(OC)c3)cc2CC)C1. The molecule has 5 heteroatoms. The summed E-state index contributed by atoms with van der Waals surface area (Å²) < 4.78 is 5.72. The van der Waals surface area contributed by atoms with Crippen LogP contribution in [0.3, 0.4) is 0 Å². The molecule has 0 bridgehead atoms. The highest BCUT2D eigenvalue weighted by Gasteiger charge is 2.29. The second kappa shape index (κ2) is 11.8. The summed E-state index contributed by atoms with van der Waals surface area (Å²) in [6, 6.07) is 13.0. The van der Waals surface area contributed by atoms with E-state index in [2.05, 4.69) is 60.0 Å². The molecule has 1 aliphatic carbocycles. The largest absolute Gasteiger partial charge is 0.513 e. The molecule has 188 valence electrons. The van der Waals surface area contributed by atoms with Crippen molar-refractivity contribution in [3.05, 3.63) is 76.6 Å². The Morgan fingerprint density at radius 1 is 1.09 bits per heavy atom. The van der Waals surface area contributed by atoms with Crippen LogP contribution in [0.2, 0.25) is 0 Å². The molecule has 0 radical (unpaired) electrons. The molecule has 2 aromatic carbocycles. The quantitative estimate of drug-likeness (QED) is 0.234. The van der Waals surface area contributed by atoms with Gasteiger partial charge in [-0.05, 0) is 72.1 Å². The predicted octanol–water partition coefficient (Wildman–Crippen LogP) is 6.75. The first kappa shape index (κ1) is 25.3. The third-order valence-electron chi connectivity index (χ3n) is 7.60. The van der Waals surface area contributed by atoms with Crippen LogP contribution in [0.25, 0.3) is 0 Å². The van der Waals surface area contributed by atoms with Gasteiger partial charge in [-0.15, -0.1) is 0 Å². The van der Waals surface area contributed by atoms with Gasteiger partial charge in [0, 0.05) is 25.6 Å². The van der Waals surface area contributed by atoms with Gasteiger partial charge in [0.15, 0.2) is 0 Å². The number of rotatable bonds is 10. The van der Waals surface area contributed by atoms with E-state index in [0.717, 1.165) is 48.6 Å². The highest BCUT2D eigenvalue weighted by molar-refractivity contribution is 5.98. The summed E-state index contributed by atoms with van der Waals surface area (Å²) in [6.45, 7) is 10.9. The lowest BCUT2D eigenvalue weighted by Crippen LogP contribution is -2.46. The van der Waals surface area contributed by atoms with E-state index in [-0.39, 0.29) is 5.92 Å². The second-order valence-electron chi connectivity index (χ2n) is 10.1. The third kappa shape index (κ3) is 6.26. The van der Waals surface area contributed by atoms with Crippen LogP contribution in [0.15, 0.2) is 53.9 Å². The smallest absolute Gasteiger partial charge is 0.142 e. The fourth-order valence-electron chi connectivity index (χ4n) is 5.34. The first-order valence-corrected chi connectivity index (χ1v) is 13.0. The number of oxime groups is 1. The number of methoxy groups -OCH3 is 1. The van der Waals surface area contributed by atoms with E-state index in [1.807, 2.05) is 6.92 Å². The number of aliphatic hydroxyl groups excluding tert-OH is 1. The van der Waals surface area contributed by atoms with Crippen molar-refractivity contribution in [1.29, 1.82) is 0 Å². The molecule has 0 aromatic heterocycles. The van der Waals surface area contributed by atoms with Gasteiger partial charge < -0.3 is 14.7 Å². The van der Waals surface area contributed by atoms with Crippen LogP contribution < -0.4 is 4.74 Å². The summed E-state index contributed by atoms with van der Waals surface area (Å²) in [5, 5.41) is 13.9. The van der Waals surface area contributed by atoms with E-state index in [1.54, 1.807) is 7.11 Å². The second-order valence-corrected chi connectivity index (χ2v) is 10.1. The Balaban J connectivity index is 1.36. The van der Waals surface area contributed by atoms with Crippen LogP contribution in [0.5, 0.6) is 5.75 Å². The van der Waals surface area contributed by atoms with Gasteiger partial charge in [-0.25, -0.2) is 0 Å². The molecule has 0 amide bonds. The fourth-order valence-corrected chi connectivity index (χ4v) is 5.34. The molecule has 2 aliphatic rings. The Morgan fingerprint density at radius 3 is 2.54 bits per heavy atom. The van der Waals surface area contributed by atoms with Gasteiger partial charge >= 0.3 is 0 Å². The Hall–Kier alpha value is -2.79. The van der Waals surface area contributed by atoms with Crippen molar-refractivity contribution in [3.8, 4) is 5.75 Å². The molecule has 2 aromatic rings. The Bertz CT molecular complexity index is 1050. The number of aliphatic hydroxyl groups is 1. The molecule has 0 spiro atoms. The fraction of sp³-hybridized carbons (Fsp3) is 0.500. The van der Waals surface area contributed by atoms with E-state index in [9.17, 15) is 5.11 Å². The van der Waals surface area contributed by atoms with Crippen molar-refractivity contribution in [2.45, 2.75) is 71.4 Å². The maximum atomic E-state index is 9.54. The number of hydrogen-bond donors (Lipinski definition) is 1. The zero-order valence-corrected chi connectivity index (χ0v) is 21.6. The number of hydrogen-bond acceptors (Lipinski definition) is 5. The van der Waals surface area contributed by atoms with Crippen LogP contribution in [0.1, 0.15) is 79.7 Å². The van der Waals surface area contributed by atoms with Crippen molar-refractivity contribution < 1.29 is 14.7 Å². The van der Waals surface area contributed by atoms with E-state index in [0.29, 0.717) is 18.3 Å². The lowest BCUT2D eigenvalue weighted by Gasteiger charge is -2.39. The lowest BCUT2D eigenvalue weighted by molar-refractivity contribution is 0.0861. The van der Waals surface area contributed by atoms with Crippen molar-refractivity contribution in [3.63, 3.8) is 0 Å². The number of nitrogens with zero attached hydrogens (tertiary/aromatic N) is 2. The first-order chi connectivity index (χ1) is 17.0. The molecule has 1 heterocycles. The summed E-state index contributed by atoms with van der Waals surface area (Å²) >= 11 is 0. The van der Waals surface area contributed by atoms with Crippen LogP contribution in [-0.4, -0.2) is 35.9 Å². The molecule has 1 N–H and O–H groups in total. The summed E-state index contributed by atoms with van der Waals surface area (Å²) in [6.07, 6.45) is 7.45. The van der Waals surface area contributed by atoms with E-state index < -0.39 is 0 Å². The van der Waals surface area contributed by atoms with Gasteiger partial charge in [-0.3, -0.25) is 4.90 Å². The van der Waals surface area contributed by atoms with Gasteiger partial charge in [0.1, 0.15) is 12.4 Å². The molecule has 1 saturated heterocycles. The Morgan fingerprint density at radius 2 is 1.86 bits per heavy atom. The lowest BCUT2D eigenvalue weighted by atomic mass is 9.83. The van der Waals surface area contributed by atoms with Crippen LogP contribution in [0, 0.1) is 5.92 Å². The third-order valence-corrected chi connectivity index (χ3v) is 7.60. The van der Waals surface area contributed by atoms with E-state index in [4.69, 9.17) is 9.57 Å². The zero-order valence-electron chi connectivity index (χ0n) is 21.6. The number of benzene rings is 2. The van der Waals surface area contributed by atoms with Crippen LogP contribution >= 0.6 is 0 Å². The van der Waals surface area contributed by atoms with Gasteiger partial charge in [0.05, 0.1) is 18.6 Å². The molecule has 0 unspecified atom stereocenters. The molecular weight excluding hydrogens is 436 g/mol. The van der Waals surface area contributed by atoms with Crippen LogP contribution in [-0.2, 0) is 24.4 Å². The molecule has 4 rings (SSSR count). The molecule has 1 aliphatic heterocycles. The molecule has 1 saturated carbocycles. The maximum absolute atomic E-state index is 9.54. The van der Waals surface area contributed by atoms with Gasteiger partial charge in [0.2, 0.25) is 0 Å². The van der Waals surface area contributed by atoms with Crippen molar-refractivity contribution in [2.24, 2.45) is 11.1 Å². The number of aryl methyl sites for hydroxylation is 1. The molecule has 2 fully saturated rings. The highest BCUT2D eigenvalue weighted by Crippen LogP contribution is 2.38. The normalized spacial score (nSPS) is 17.7. The minimum atomic E-state index is 0.217. The zero-order chi connectivity index (χ0) is 24.8. The Labute approximate surface area is 210 Å². The molecule has 5 nitrogen and oxygen atoms in total. The standard InChI is InChI=1S/C30H40N2O3/c1-5-24-16-26(12-13-27(24)17-32-18-28(19-32)22(3)33)21(2)31-35-20-23-11-14-29(30(15-23)34-4)25-9-7-6-8-10-25/h11-16,25,28,33H,3,5-10,17-20H2,1-2,4H3/b31-21+. The topological polar surface area (TPSA) is 54.3 Å². The average molecular weight is 477 g/mol. The van der Waals surface area contributed by atoms with Gasteiger partial charge in [-0.2, -0.15) is 0 Å². The highest BCUT2D eigenvalue weighted by atomic mass is 16.6. The summed E-state index contributed by atoms with van der Waals surface area (Å²) in [5.41, 5.74) is 7.01. The van der Waals surface area contributed by atoms with Crippen LogP contribution in [0.4, 0.5) is 0 Å².